The molecule has 0 saturated heterocycles. The van der Waals surface area contributed by atoms with E-state index in [2.05, 4.69) is 19.2 Å². The fourth-order valence-electron chi connectivity index (χ4n) is 3.09. The number of hydrogen-bond donors (Lipinski definition) is 1. The lowest BCUT2D eigenvalue weighted by Gasteiger charge is -2.15. The normalized spacial score (nSPS) is 15.8. The van der Waals surface area contributed by atoms with Crippen LogP contribution in [0, 0.1) is 0 Å². The zero-order valence-corrected chi connectivity index (χ0v) is 15.3. The van der Waals surface area contributed by atoms with E-state index < -0.39 is 5.41 Å². The topological polar surface area (TPSA) is 55.4 Å². The molecule has 26 heavy (non-hydrogen) atoms. The fraction of sp³-hybridized carbons (Fsp3) is 0.364. The highest BCUT2D eigenvalue weighted by atomic mass is 16.5. The quantitative estimate of drug-likeness (QED) is 0.752. The highest BCUT2D eigenvalue weighted by Crippen LogP contribution is 2.49. The molecule has 4 heteroatoms. The Morgan fingerprint density at radius 2 is 1.73 bits per heavy atom. The molecule has 0 unspecified atom stereocenters. The standard InChI is InChI=1S/C22H25NO3/c1-3-16(2)17-9-11-19(12-10-17)23-20(24)15-26-21(25)22(13-14-22)18-7-5-4-6-8-18/h4-12,16H,3,13-15H2,1-2H3,(H,23,24)/t16-/m0/s1. The highest BCUT2D eigenvalue weighted by molar-refractivity contribution is 5.94. The van der Waals surface area contributed by atoms with Crippen LogP contribution in [0.25, 0.3) is 0 Å². The molecule has 4 nitrogen and oxygen atoms in total. The summed E-state index contributed by atoms with van der Waals surface area (Å²) in [4.78, 5) is 24.5. The van der Waals surface area contributed by atoms with Crippen LogP contribution in [-0.4, -0.2) is 18.5 Å². The van der Waals surface area contributed by atoms with Crippen LogP contribution in [0.4, 0.5) is 5.69 Å². The van der Waals surface area contributed by atoms with Crippen LogP contribution in [0.1, 0.15) is 50.2 Å². The molecule has 0 bridgehead atoms. The first-order chi connectivity index (χ1) is 12.5. The highest BCUT2D eigenvalue weighted by Gasteiger charge is 2.52. The average molecular weight is 351 g/mol. The first-order valence-corrected chi connectivity index (χ1v) is 9.18. The summed E-state index contributed by atoms with van der Waals surface area (Å²) >= 11 is 0. The molecule has 1 aliphatic rings. The number of anilines is 1. The predicted octanol–water partition coefficient (Wildman–Crippen LogP) is 4.41. The van der Waals surface area contributed by atoms with E-state index in [1.165, 1.54) is 5.56 Å². The molecule has 136 valence electrons. The van der Waals surface area contributed by atoms with Gasteiger partial charge in [-0.05, 0) is 48.4 Å². The molecule has 1 saturated carbocycles. The second kappa shape index (κ2) is 7.73. The van der Waals surface area contributed by atoms with Crippen molar-refractivity contribution in [2.24, 2.45) is 0 Å². The third-order valence-corrected chi connectivity index (χ3v) is 5.18. The van der Waals surface area contributed by atoms with Crippen LogP contribution in [0.5, 0.6) is 0 Å². The van der Waals surface area contributed by atoms with Crippen LogP contribution in [-0.2, 0) is 19.7 Å². The molecule has 1 amide bonds. The van der Waals surface area contributed by atoms with Gasteiger partial charge in [0.15, 0.2) is 6.61 Å². The number of carbonyl (C=O) groups is 2. The summed E-state index contributed by atoms with van der Waals surface area (Å²) in [5.74, 6) is -0.141. The van der Waals surface area contributed by atoms with E-state index in [0.29, 0.717) is 11.6 Å². The molecule has 3 rings (SSSR count). The maximum atomic E-state index is 12.4. The third-order valence-electron chi connectivity index (χ3n) is 5.18. The maximum absolute atomic E-state index is 12.4. The Hall–Kier alpha value is -2.62. The van der Waals surface area contributed by atoms with Gasteiger partial charge in [-0.25, -0.2) is 0 Å². The number of hydrogen-bond acceptors (Lipinski definition) is 3. The molecule has 0 aliphatic heterocycles. The van der Waals surface area contributed by atoms with E-state index in [0.717, 1.165) is 24.8 Å². The predicted molar refractivity (Wildman–Crippen MR) is 102 cm³/mol. The van der Waals surface area contributed by atoms with E-state index in [1.807, 2.05) is 54.6 Å². The van der Waals surface area contributed by atoms with Gasteiger partial charge >= 0.3 is 5.97 Å². The van der Waals surface area contributed by atoms with Crippen molar-refractivity contribution in [3.05, 3.63) is 65.7 Å². The largest absolute Gasteiger partial charge is 0.455 e. The van der Waals surface area contributed by atoms with Crippen molar-refractivity contribution in [3.63, 3.8) is 0 Å². The van der Waals surface area contributed by atoms with Gasteiger partial charge in [-0.3, -0.25) is 9.59 Å². The lowest BCUT2D eigenvalue weighted by atomic mass is 9.96. The van der Waals surface area contributed by atoms with E-state index >= 15 is 0 Å². The van der Waals surface area contributed by atoms with Gasteiger partial charge < -0.3 is 10.1 Å². The molecular formula is C22H25NO3. The Balaban J connectivity index is 1.52. The fourth-order valence-corrected chi connectivity index (χ4v) is 3.09. The Labute approximate surface area is 154 Å². The molecule has 1 atom stereocenters. The molecule has 0 aromatic heterocycles. The van der Waals surface area contributed by atoms with Gasteiger partial charge in [0.2, 0.25) is 0 Å². The average Bonchev–Trinajstić information content (AvgIpc) is 3.49. The number of nitrogens with one attached hydrogen (secondary N) is 1. The first-order valence-electron chi connectivity index (χ1n) is 9.18. The zero-order chi connectivity index (χ0) is 18.6. The van der Waals surface area contributed by atoms with Gasteiger partial charge in [0.25, 0.3) is 5.91 Å². The van der Waals surface area contributed by atoms with Crippen LogP contribution in [0.2, 0.25) is 0 Å². The minimum Gasteiger partial charge on any atom is -0.455 e. The Morgan fingerprint density at radius 3 is 2.31 bits per heavy atom. The summed E-state index contributed by atoms with van der Waals surface area (Å²) in [7, 11) is 0. The summed E-state index contributed by atoms with van der Waals surface area (Å²) in [5.41, 5.74) is 2.36. The van der Waals surface area contributed by atoms with Crippen molar-refractivity contribution in [2.75, 3.05) is 11.9 Å². The van der Waals surface area contributed by atoms with Gasteiger partial charge in [0, 0.05) is 5.69 Å². The molecule has 1 fully saturated rings. The summed E-state index contributed by atoms with van der Waals surface area (Å²) in [5, 5.41) is 2.78. The van der Waals surface area contributed by atoms with Gasteiger partial charge in [-0.15, -0.1) is 0 Å². The number of rotatable bonds is 7. The summed E-state index contributed by atoms with van der Waals surface area (Å²) in [6.07, 6.45) is 2.62. The van der Waals surface area contributed by atoms with Gasteiger partial charge in [-0.2, -0.15) is 0 Å². The summed E-state index contributed by atoms with van der Waals surface area (Å²) in [6.45, 7) is 4.06. The van der Waals surface area contributed by atoms with E-state index in [1.54, 1.807) is 0 Å². The third kappa shape index (κ3) is 3.96. The summed E-state index contributed by atoms with van der Waals surface area (Å²) < 4.78 is 5.29. The first kappa shape index (κ1) is 18.2. The molecule has 1 aliphatic carbocycles. The molecule has 1 N–H and O–H groups in total. The van der Waals surface area contributed by atoms with Crippen LogP contribution in [0.3, 0.4) is 0 Å². The van der Waals surface area contributed by atoms with Crippen molar-refractivity contribution >= 4 is 17.6 Å². The van der Waals surface area contributed by atoms with Gasteiger partial charge in [-0.1, -0.05) is 56.3 Å². The van der Waals surface area contributed by atoms with Crippen molar-refractivity contribution in [3.8, 4) is 0 Å². The lowest BCUT2D eigenvalue weighted by Crippen LogP contribution is -2.28. The van der Waals surface area contributed by atoms with Crippen LogP contribution >= 0.6 is 0 Å². The van der Waals surface area contributed by atoms with Crippen molar-refractivity contribution in [1.82, 2.24) is 0 Å². The van der Waals surface area contributed by atoms with E-state index in [-0.39, 0.29) is 18.5 Å². The molecule has 0 spiro atoms. The van der Waals surface area contributed by atoms with Crippen LogP contribution < -0.4 is 5.32 Å². The summed E-state index contributed by atoms with van der Waals surface area (Å²) in [6, 6.07) is 17.4. The van der Waals surface area contributed by atoms with E-state index in [4.69, 9.17) is 4.74 Å². The van der Waals surface area contributed by atoms with Gasteiger partial charge in [0.1, 0.15) is 0 Å². The molecule has 2 aromatic rings. The van der Waals surface area contributed by atoms with Crippen molar-refractivity contribution in [1.29, 1.82) is 0 Å². The number of benzene rings is 2. The molecule has 0 heterocycles. The van der Waals surface area contributed by atoms with E-state index in [9.17, 15) is 9.59 Å². The Kier molecular flexibility index (Phi) is 5.40. The number of esters is 1. The lowest BCUT2D eigenvalue weighted by molar-refractivity contribution is -0.150. The second-order valence-electron chi connectivity index (χ2n) is 7.00. The number of carbonyl (C=O) groups excluding carboxylic acids is 2. The number of ether oxygens (including phenoxy) is 1. The van der Waals surface area contributed by atoms with Crippen molar-refractivity contribution in [2.45, 2.75) is 44.4 Å². The second-order valence-corrected chi connectivity index (χ2v) is 7.00. The number of amides is 1. The molecule has 2 aromatic carbocycles. The smallest absolute Gasteiger partial charge is 0.317 e. The monoisotopic (exact) mass is 351 g/mol. The van der Waals surface area contributed by atoms with Crippen molar-refractivity contribution < 1.29 is 14.3 Å². The Bertz CT molecular complexity index is 764. The maximum Gasteiger partial charge on any atom is 0.317 e. The SMILES string of the molecule is CC[C@H](C)c1ccc(NC(=O)COC(=O)C2(c3ccccc3)CC2)cc1. The molecular weight excluding hydrogens is 326 g/mol. The zero-order valence-electron chi connectivity index (χ0n) is 15.3. The molecule has 0 radical (unpaired) electrons. The Morgan fingerprint density at radius 1 is 1.08 bits per heavy atom. The minimum absolute atomic E-state index is 0.263. The van der Waals surface area contributed by atoms with Gasteiger partial charge in [0.05, 0.1) is 5.41 Å². The minimum atomic E-state index is -0.556. The van der Waals surface area contributed by atoms with Crippen LogP contribution in [0.15, 0.2) is 54.6 Å².